The average Bonchev–Trinajstić information content (AvgIpc) is 2.68. The summed E-state index contributed by atoms with van der Waals surface area (Å²) in [6.45, 7) is 0.834. The Bertz CT molecular complexity index is 629. The first-order valence-electron chi connectivity index (χ1n) is 8.53. The lowest BCUT2D eigenvalue weighted by Crippen LogP contribution is -2.30. The first-order chi connectivity index (χ1) is 11.9. The maximum atomic E-state index is 5.48. The Hall–Kier alpha value is -2.16. The zero-order valence-corrected chi connectivity index (χ0v) is 16.2. The molecule has 0 radical (unpaired) electrons. The van der Waals surface area contributed by atoms with Crippen LogP contribution in [0.15, 0.2) is 91.0 Å². The minimum atomic E-state index is -0.135. The monoisotopic (exact) mass is 332 g/mol. The molecule has 24 heavy (non-hydrogen) atoms. The Kier molecular flexibility index (Phi) is 5.62. The Morgan fingerprint density at radius 3 is 1.33 bits per heavy atom. The van der Waals surface area contributed by atoms with Crippen LogP contribution in [0.4, 0.5) is 0 Å². The predicted octanol–water partition coefficient (Wildman–Crippen LogP) is 4.10. The number of benzene rings is 3. The molecular formula is C22H24OSi. The van der Waals surface area contributed by atoms with Gasteiger partial charge in [0, 0.05) is 12.0 Å². The SMILES string of the molecule is [SiH3]OCCCC(c1ccccc1)(c1ccccc1)c1ccccc1. The van der Waals surface area contributed by atoms with Gasteiger partial charge in [0.05, 0.1) is 0 Å². The number of hydrogen-bond donors (Lipinski definition) is 0. The Morgan fingerprint density at radius 1 is 0.625 bits per heavy atom. The zero-order valence-electron chi connectivity index (χ0n) is 14.2. The van der Waals surface area contributed by atoms with Crippen molar-refractivity contribution < 1.29 is 4.43 Å². The fraction of sp³-hybridized carbons (Fsp3) is 0.182. The third kappa shape index (κ3) is 3.35. The highest BCUT2D eigenvalue weighted by molar-refractivity contribution is 5.97. The fourth-order valence-electron chi connectivity index (χ4n) is 3.58. The molecule has 3 aromatic rings. The van der Waals surface area contributed by atoms with Gasteiger partial charge in [0.25, 0.3) is 0 Å². The molecule has 0 N–H and O–H groups in total. The Balaban J connectivity index is 2.20. The highest BCUT2D eigenvalue weighted by Gasteiger charge is 2.35. The van der Waals surface area contributed by atoms with E-state index >= 15 is 0 Å². The van der Waals surface area contributed by atoms with Gasteiger partial charge in [0.15, 0.2) is 0 Å². The molecule has 0 aliphatic carbocycles. The smallest absolute Gasteiger partial charge is 0.145 e. The molecule has 0 unspecified atom stereocenters. The van der Waals surface area contributed by atoms with Crippen molar-refractivity contribution in [1.29, 1.82) is 0 Å². The third-order valence-electron chi connectivity index (χ3n) is 4.70. The highest BCUT2D eigenvalue weighted by Crippen LogP contribution is 2.42. The molecule has 122 valence electrons. The van der Waals surface area contributed by atoms with Gasteiger partial charge in [0.1, 0.15) is 10.5 Å². The summed E-state index contributed by atoms with van der Waals surface area (Å²) in [7, 11) is 0.801. The van der Waals surface area contributed by atoms with Gasteiger partial charge in [-0.15, -0.1) is 0 Å². The summed E-state index contributed by atoms with van der Waals surface area (Å²) >= 11 is 0. The molecule has 0 spiro atoms. The quantitative estimate of drug-likeness (QED) is 0.360. The van der Waals surface area contributed by atoms with E-state index < -0.39 is 0 Å². The Labute approximate surface area is 147 Å². The van der Waals surface area contributed by atoms with E-state index in [2.05, 4.69) is 91.0 Å². The van der Waals surface area contributed by atoms with Gasteiger partial charge in [-0.2, -0.15) is 0 Å². The largest absolute Gasteiger partial charge is 0.428 e. The molecule has 3 rings (SSSR count). The fourth-order valence-corrected chi connectivity index (χ4v) is 3.87. The summed E-state index contributed by atoms with van der Waals surface area (Å²) in [6, 6.07) is 32.6. The molecule has 0 aromatic heterocycles. The standard InChI is InChI=1S/C22H24OSi/c24-23-18-10-17-22(19-11-4-1-5-12-19,20-13-6-2-7-14-20)21-15-8-3-9-16-21/h1-9,11-16H,10,17-18H2,24H3. The van der Waals surface area contributed by atoms with Crippen molar-refractivity contribution in [3.63, 3.8) is 0 Å². The van der Waals surface area contributed by atoms with Crippen LogP contribution in [0, 0.1) is 0 Å². The van der Waals surface area contributed by atoms with E-state index in [9.17, 15) is 0 Å². The number of hydrogen-bond acceptors (Lipinski definition) is 1. The molecule has 0 amide bonds. The first-order valence-corrected chi connectivity index (χ1v) is 9.35. The van der Waals surface area contributed by atoms with Crippen LogP contribution in [-0.2, 0) is 9.84 Å². The highest BCUT2D eigenvalue weighted by atomic mass is 28.2. The summed E-state index contributed by atoms with van der Waals surface area (Å²) in [4.78, 5) is 0. The predicted molar refractivity (Wildman–Crippen MR) is 104 cm³/mol. The summed E-state index contributed by atoms with van der Waals surface area (Å²) in [5, 5.41) is 0. The molecule has 0 aliphatic heterocycles. The topological polar surface area (TPSA) is 9.23 Å². The van der Waals surface area contributed by atoms with E-state index in [-0.39, 0.29) is 5.41 Å². The van der Waals surface area contributed by atoms with Crippen molar-refractivity contribution in [3.05, 3.63) is 108 Å². The molecule has 0 aliphatic rings. The molecule has 3 aromatic carbocycles. The summed E-state index contributed by atoms with van der Waals surface area (Å²) < 4.78 is 5.48. The molecule has 0 fully saturated rings. The van der Waals surface area contributed by atoms with E-state index in [1.54, 1.807) is 0 Å². The Morgan fingerprint density at radius 2 is 1.00 bits per heavy atom. The van der Waals surface area contributed by atoms with E-state index in [1.807, 2.05) is 0 Å². The van der Waals surface area contributed by atoms with E-state index in [4.69, 9.17) is 4.43 Å². The molecular weight excluding hydrogens is 308 g/mol. The molecule has 2 heteroatoms. The lowest BCUT2D eigenvalue weighted by atomic mass is 9.67. The van der Waals surface area contributed by atoms with Gasteiger partial charge in [-0.05, 0) is 29.5 Å². The normalized spacial score (nSPS) is 11.5. The molecule has 1 nitrogen and oxygen atoms in total. The maximum absolute atomic E-state index is 5.48. The maximum Gasteiger partial charge on any atom is 0.145 e. The van der Waals surface area contributed by atoms with E-state index in [0.29, 0.717) is 0 Å². The van der Waals surface area contributed by atoms with Gasteiger partial charge in [-0.1, -0.05) is 91.0 Å². The summed E-state index contributed by atoms with van der Waals surface area (Å²) in [6.07, 6.45) is 2.08. The van der Waals surface area contributed by atoms with Crippen LogP contribution in [0.1, 0.15) is 29.5 Å². The van der Waals surface area contributed by atoms with E-state index in [0.717, 1.165) is 29.9 Å². The van der Waals surface area contributed by atoms with Crippen molar-refractivity contribution in [2.45, 2.75) is 18.3 Å². The minimum Gasteiger partial charge on any atom is -0.428 e. The van der Waals surface area contributed by atoms with Crippen LogP contribution in [0.3, 0.4) is 0 Å². The molecule has 0 bridgehead atoms. The van der Waals surface area contributed by atoms with Crippen LogP contribution < -0.4 is 0 Å². The first kappa shape index (κ1) is 16.7. The van der Waals surface area contributed by atoms with Gasteiger partial charge in [-0.25, -0.2) is 0 Å². The summed E-state index contributed by atoms with van der Waals surface area (Å²) in [5.41, 5.74) is 3.89. The molecule has 0 heterocycles. The summed E-state index contributed by atoms with van der Waals surface area (Å²) in [5.74, 6) is 0. The lowest BCUT2D eigenvalue weighted by Gasteiger charge is -2.36. The second-order valence-electron chi connectivity index (χ2n) is 6.10. The van der Waals surface area contributed by atoms with Gasteiger partial charge < -0.3 is 4.43 Å². The molecule has 0 saturated heterocycles. The van der Waals surface area contributed by atoms with Gasteiger partial charge in [0.2, 0.25) is 0 Å². The zero-order chi connectivity index (χ0) is 16.7. The van der Waals surface area contributed by atoms with E-state index in [1.165, 1.54) is 16.7 Å². The molecule has 0 saturated carbocycles. The van der Waals surface area contributed by atoms with Crippen LogP contribution in [0.2, 0.25) is 0 Å². The van der Waals surface area contributed by atoms with Crippen LogP contribution in [0.5, 0.6) is 0 Å². The van der Waals surface area contributed by atoms with Gasteiger partial charge in [-0.3, -0.25) is 0 Å². The number of rotatable bonds is 7. The third-order valence-corrected chi connectivity index (χ3v) is 5.11. The minimum absolute atomic E-state index is 0.135. The van der Waals surface area contributed by atoms with Crippen molar-refractivity contribution in [1.82, 2.24) is 0 Å². The second kappa shape index (κ2) is 8.09. The average molecular weight is 333 g/mol. The van der Waals surface area contributed by atoms with Crippen LogP contribution in [-0.4, -0.2) is 17.1 Å². The van der Waals surface area contributed by atoms with Crippen molar-refractivity contribution >= 4 is 10.5 Å². The molecule has 0 atom stereocenters. The van der Waals surface area contributed by atoms with Gasteiger partial charge >= 0.3 is 0 Å². The lowest BCUT2D eigenvalue weighted by molar-refractivity contribution is 0.322. The van der Waals surface area contributed by atoms with Crippen LogP contribution >= 0.6 is 0 Å². The second-order valence-corrected chi connectivity index (χ2v) is 6.68. The van der Waals surface area contributed by atoms with Crippen molar-refractivity contribution in [3.8, 4) is 0 Å². The van der Waals surface area contributed by atoms with Crippen molar-refractivity contribution in [2.24, 2.45) is 0 Å². The van der Waals surface area contributed by atoms with Crippen LogP contribution in [0.25, 0.3) is 0 Å². The van der Waals surface area contributed by atoms with Crippen molar-refractivity contribution in [2.75, 3.05) is 6.61 Å².